The van der Waals surface area contributed by atoms with Gasteiger partial charge in [-0.3, -0.25) is 9.59 Å². The zero-order chi connectivity index (χ0) is 17.7. The van der Waals surface area contributed by atoms with E-state index in [0.29, 0.717) is 43.5 Å². The summed E-state index contributed by atoms with van der Waals surface area (Å²) in [7, 11) is -3.20. The quantitative estimate of drug-likeness (QED) is 0.664. The van der Waals surface area contributed by atoms with Gasteiger partial charge < -0.3 is 10.4 Å². The van der Waals surface area contributed by atoms with Crippen LogP contribution in [0.2, 0.25) is 0 Å². The summed E-state index contributed by atoms with van der Waals surface area (Å²) in [5.41, 5.74) is 0. The van der Waals surface area contributed by atoms with E-state index in [2.05, 4.69) is 10.0 Å². The van der Waals surface area contributed by atoms with Gasteiger partial charge in [-0.05, 0) is 44.2 Å². The Balaban J connectivity index is 1.80. The van der Waals surface area contributed by atoms with E-state index >= 15 is 0 Å². The predicted octanol–water partition coefficient (Wildman–Crippen LogP) is 1.21. The summed E-state index contributed by atoms with van der Waals surface area (Å²) in [5.74, 6) is -1.21. The predicted molar refractivity (Wildman–Crippen MR) is 91.7 cm³/mol. The Morgan fingerprint density at radius 1 is 1.25 bits per heavy atom. The second kappa shape index (κ2) is 8.09. The molecule has 1 aliphatic rings. The Labute approximate surface area is 145 Å². The van der Waals surface area contributed by atoms with Crippen molar-refractivity contribution >= 4 is 33.2 Å². The first-order valence-corrected chi connectivity index (χ1v) is 10.5. The summed E-state index contributed by atoms with van der Waals surface area (Å²) < 4.78 is 24.4. The van der Waals surface area contributed by atoms with Gasteiger partial charge in [0.2, 0.25) is 10.0 Å². The molecule has 0 aliphatic heterocycles. The molecule has 1 aromatic rings. The van der Waals surface area contributed by atoms with Gasteiger partial charge in [-0.25, -0.2) is 13.1 Å². The number of rotatable bonds is 7. The molecule has 9 heteroatoms. The van der Waals surface area contributed by atoms with Crippen LogP contribution in [0, 0.1) is 5.92 Å². The first-order chi connectivity index (χ1) is 11.2. The lowest BCUT2D eigenvalue weighted by Crippen LogP contribution is -2.38. The van der Waals surface area contributed by atoms with Gasteiger partial charge in [0.15, 0.2) is 0 Å². The Hall–Kier alpha value is -1.45. The van der Waals surface area contributed by atoms with Crippen molar-refractivity contribution in [1.82, 2.24) is 10.0 Å². The largest absolute Gasteiger partial charge is 0.481 e. The van der Waals surface area contributed by atoms with Crippen LogP contribution < -0.4 is 10.0 Å². The molecule has 0 radical (unpaired) electrons. The summed E-state index contributed by atoms with van der Waals surface area (Å²) >= 11 is 1.34. The summed E-state index contributed by atoms with van der Waals surface area (Å²) in [4.78, 5) is 24.7. The molecule has 3 N–H and O–H groups in total. The first-order valence-electron chi connectivity index (χ1n) is 7.81. The van der Waals surface area contributed by atoms with Crippen molar-refractivity contribution in [3.63, 3.8) is 0 Å². The fraction of sp³-hybridized carbons (Fsp3) is 0.600. The topological polar surface area (TPSA) is 113 Å². The van der Waals surface area contributed by atoms with Crippen LogP contribution in [0.15, 0.2) is 12.1 Å². The molecule has 0 spiro atoms. The SMILES string of the molecule is CS(=O)(=O)NCCc1ccc(C(=O)NC2CCC(C(=O)O)CC2)s1. The van der Waals surface area contributed by atoms with Crippen LogP contribution in [0.3, 0.4) is 0 Å². The molecule has 7 nitrogen and oxygen atoms in total. The molecule has 0 unspecified atom stereocenters. The minimum Gasteiger partial charge on any atom is -0.481 e. The number of carboxylic acid groups (broad SMARTS) is 1. The maximum absolute atomic E-state index is 12.2. The molecule has 24 heavy (non-hydrogen) atoms. The van der Waals surface area contributed by atoms with Crippen LogP contribution in [-0.4, -0.2) is 44.2 Å². The lowest BCUT2D eigenvalue weighted by Gasteiger charge is -2.26. The molecule has 1 amide bonds. The van der Waals surface area contributed by atoms with Gasteiger partial charge in [0.25, 0.3) is 5.91 Å². The Morgan fingerprint density at radius 2 is 1.92 bits per heavy atom. The minimum atomic E-state index is -3.20. The number of aliphatic carboxylic acids is 1. The highest BCUT2D eigenvalue weighted by atomic mass is 32.2. The molecule has 0 aromatic carbocycles. The molecular formula is C15H22N2O5S2. The van der Waals surface area contributed by atoms with E-state index in [9.17, 15) is 18.0 Å². The fourth-order valence-electron chi connectivity index (χ4n) is 2.74. The van der Waals surface area contributed by atoms with Crippen molar-refractivity contribution in [2.75, 3.05) is 12.8 Å². The number of nitrogens with one attached hydrogen (secondary N) is 2. The maximum Gasteiger partial charge on any atom is 0.306 e. The van der Waals surface area contributed by atoms with Gasteiger partial charge in [0.05, 0.1) is 17.1 Å². The molecule has 1 aromatic heterocycles. The molecule has 1 fully saturated rings. The number of carbonyl (C=O) groups excluding carboxylic acids is 1. The zero-order valence-corrected chi connectivity index (χ0v) is 15.1. The monoisotopic (exact) mass is 374 g/mol. The van der Waals surface area contributed by atoms with E-state index in [1.807, 2.05) is 6.07 Å². The molecule has 0 atom stereocenters. The lowest BCUT2D eigenvalue weighted by atomic mass is 9.86. The third-order valence-corrected chi connectivity index (χ3v) is 5.91. The number of carbonyl (C=O) groups is 2. The van der Waals surface area contributed by atoms with Crippen molar-refractivity contribution in [2.24, 2.45) is 5.92 Å². The van der Waals surface area contributed by atoms with Crippen LogP contribution in [-0.2, 0) is 21.2 Å². The molecule has 1 aliphatic carbocycles. The summed E-state index contributed by atoms with van der Waals surface area (Å²) in [6.45, 7) is 0.305. The fourth-order valence-corrected chi connectivity index (χ4v) is 4.12. The number of hydrogen-bond donors (Lipinski definition) is 3. The zero-order valence-electron chi connectivity index (χ0n) is 13.4. The molecule has 1 heterocycles. The second-order valence-corrected chi connectivity index (χ2v) is 9.04. The van der Waals surface area contributed by atoms with Gasteiger partial charge >= 0.3 is 5.97 Å². The van der Waals surface area contributed by atoms with Crippen LogP contribution in [0.25, 0.3) is 0 Å². The first kappa shape index (κ1) is 18.9. The van der Waals surface area contributed by atoms with Crippen molar-refractivity contribution in [3.05, 3.63) is 21.9 Å². The van der Waals surface area contributed by atoms with E-state index in [1.165, 1.54) is 11.3 Å². The van der Waals surface area contributed by atoms with Gasteiger partial charge in [-0.15, -0.1) is 11.3 Å². The summed E-state index contributed by atoms with van der Waals surface area (Å²) in [5, 5.41) is 11.9. The number of thiophene rings is 1. The number of sulfonamides is 1. The smallest absolute Gasteiger partial charge is 0.306 e. The van der Waals surface area contributed by atoms with E-state index in [1.54, 1.807) is 6.07 Å². The third-order valence-electron chi connectivity index (χ3n) is 4.03. The molecule has 134 valence electrons. The number of amides is 1. The van der Waals surface area contributed by atoms with E-state index in [0.717, 1.165) is 11.1 Å². The van der Waals surface area contributed by atoms with Crippen molar-refractivity contribution in [3.8, 4) is 0 Å². The van der Waals surface area contributed by atoms with E-state index in [4.69, 9.17) is 5.11 Å². The van der Waals surface area contributed by atoms with Crippen LogP contribution in [0.1, 0.15) is 40.2 Å². The average Bonchev–Trinajstić information content (AvgIpc) is 2.95. The van der Waals surface area contributed by atoms with Gasteiger partial charge in [0.1, 0.15) is 0 Å². The number of carboxylic acids is 1. The van der Waals surface area contributed by atoms with Crippen LogP contribution >= 0.6 is 11.3 Å². The summed E-state index contributed by atoms with van der Waals surface area (Å²) in [6, 6.07) is 3.58. The molecule has 1 saturated carbocycles. The van der Waals surface area contributed by atoms with Crippen molar-refractivity contribution in [1.29, 1.82) is 0 Å². The lowest BCUT2D eigenvalue weighted by molar-refractivity contribution is -0.142. The van der Waals surface area contributed by atoms with Gasteiger partial charge in [-0.1, -0.05) is 0 Å². The van der Waals surface area contributed by atoms with Crippen LogP contribution in [0.5, 0.6) is 0 Å². The molecule has 2 rings (SSSR count). The highest BCUT2D eigenvalue weighted by Crippen LogP contribution is 2.25. The van der Waals surface area contributed by atoms with Gasteiger partial charge in [0, 0.05) is 17.5 Å². The normalized spacial score (nSPS) is 21.4. The number of hydrogen-bond acceptors (Lipinski definition) is 5. The maximum atomic E-state index is 12.2. The minimum absolute atomic E-state index is 0.0190. The van der Waals surface area contributed by atoms with Gasteiger partial charge in [-0.2, -0.15) is 0 Å². The highest BCUT2D eigenvalue weighted by molar-refractivity contribution is 7.88. The molecular weight excluding hydrogens is 352 g/mol. The average molecular weight is 374 g/mol. The highest BCUT2D eigenvalue weighted by Gasteiger charge is 2.27. The Morgan fingerprint density at radius 3 is 2.50 bits per heavy atom. The standard InChI is InChI=1S/C15H22N2O5S2/c1-24(21,22)16-9-8-12-6-7-13(23-12)14(18)17-11-4-2-10(3-5-11)15(19)20/h6-7,10-11,16H,2-5,8-9H2,1H3,(H,17,18)(H,19,20). The van der Waals surface area contributed by atoms with E-state index in [-0.39, 0.29) is 17.9 Å². The Kier molecular flexibility index (Phi) is 6.36. The Bertz CT molecular complexity index is 690. The molecule has 0 saturated heterocycles. The summed E-state index contributed by atoms with van der Waals surface area (Å²) in [6.07, 6.45) is 4.19. The van der Waals surface area contributed by atoms with Crippen LogP contribution in [0.4, 0.5) is 0 Å². The van der Waals surface area contributed by atoms with E-state index < -0.39 is 16.0 Å². The van der Waals surface area contributed by atoms with Crippen molar-refractivity contribution < 1.29 is 23.1 Å². The third kappa shape index (κ3) is 5.88. The van der Waals surface area contributed by atoms with Crippen molar-refractivity contribution in [2.45, 2.75) is 38.1 Å². The molecule has 0 bridgehead atoms. The second-order valence-electron chi connectivity index (χ2n) is 6.04.